The second-order valence-electron chi connectivity index (χ2n) is 4.50. The summed E-state index contributed by atoms with van der Waals surface area (Å²) in [6, 6.07) is 6.03. The lowest BCUT2D eigenvalue weighted by Gasteiger charge is -2.41. The molecule has 17 heavy (non-hydrogen) atoms. The Hall–Kier alpha value is -0.580. The van der Waals surface area contributed by atoms with Crippen molar-refractivity contribution in [2.45, 2.75) is 25.2 Å². The molecule has 3 rings (SSSR count). The van der Waals surface area contributed by atoms with Gasteiger partial charge in [0.25, 0.3) is 0 Å². The van der Waals surface area contributed by atoms with Gasteiger partial charge in [-0.2, -0.15) is 0 Å². The molecular formula is C13H15BrO3. The molecule has 0 aromatic heterocycles. The van der Waals surface area contributed by atoms with E-state index in [1.165, 1.54) is 0 Å². The predicted octanol–water partition coefficient (Wildman–Crippen LogP) is 3.28. The molecule has 0 bridgehead atoms. The molecule has 2 aliphatic rings. The summed E-state index contributed by atoms with van der Waals surface area (Å²) in [5.74, 6) is 1.18. The van der Waals surface area contributed by atoms with Gasteiger partial charge < -0.3 is 14.2 Å². The Kier molecular flexibility index (Phi) is 3.11. The maximum atomic E-state index is 5.90. The largest absolute Gasteiger partial charge is 0.464 e. The van der Waals surface area contributed by atoms with Crippen molar-refractivity contribution in [3.63, 3.8) is 0 Å². The smallest absolute Gasteiger partial charge is 0.205 e. The molecule has 0 aliphatic carbocycles. The molecule has 0 amide bonds. The molecule has 0 radical (unpaired) electrons. The van der Waals surface area contributed by atoms with E-state index < -0.39 is 0 Å². The summed E-state index contributed by atoms with van der Waals surface area (Å²) in [4.78, 5) is 0. The van der Waals surface area contributed by atoms with Gasteiger partial charge in [-0.25, -0.2) is 0 Å². The fraction of sp³-hybridized carbons (Fsp3) is 0.538. The van der Waals surface area contributed by atoms with E-state index in [0.29, 0.717) is 5.92 Å². The van der Waals surface area contributed by atoms with Gasteiger partial charge >= 0.3 is 0 Å². The number of ether oxygens (including phenoxy) is 3. The molecule has 0 unspecified atom stereocenters. The van der Waals surface area contributed by atoms with Crippen LogP contribution in [0.2, 0.25) is 0 Å². The molecule has 0 N–H and O–H groups in total. The van der Waals surface area contributed by atoms with Crippen LogP contribution in [0, 0.1) is 5.92 Å². The van der Waals surface area contributed by atoms with Gasteiger partial charge in [0.1, 0.15) is 5.75 Å². The molecule has 0 spiro atoms. The van der Waals surface area contributed by atoms with E-state index in [9.17, 15) is 0 Å². The lowest BCUT2D eigenvalue weighted by Crippen LogP contribution is -2.41. The fourth-order valence-electron chi connectivity index (χ4n) is 2.70. The normalized spacial score (nSPS) is 31.3. The second kappa shape index (κ2) is 4.59. The third kappa shape index (κ3) is 1.98. The van der Waals surface area contributed by atoms with Crippen molar-refractivity contribution in [2.24, 2.45) is 5.92 Å². The van der Waals surface area contributed by atoms with Crippen LogP contribution in [0.4, 0.5) is 0 Å². The molecule has 4 heteroatoms. The third-order valence-electron chi connectivity index (χ3n) is 3.48. The van der Waals surface area contributed by atoms with Crippen molar-refractivity contribution in [1.29, 1.82) is 0 Å². The van der Waals surface area contributed by atoms with Gasteiger partial charge in [-0.05, 0) is 31.0 Å². The highest BCUT2D eigenvalue weighted by Crippen LogP contribution is 2.45. The van der Waals surface area contributed by atoms with Gasteiger partial charge in [0, 0.05) is 17.1 Å². The molecule has 92 valence electrons. The quantitative estimate of drug-likeness (QED) is 0.796. The van der Waals surface area contributed by atoms with Crippen molar-refractivity contribution in [3.05, 3.63) is 28.2 Å². The van der Waals surface area contributed by atoms with E-state index in [2.05, 4.69) is 22.0 Å². The zero-order valence-electron chi connectivity index (χ0n) is 9.69. The summed E-state index contributed by atoms with van der Waals surface area (Å²) in [5, 5.41) is 0. The van der Waals surface area contributed by atoms with E-state index in [-0.39, 0.29) is 12.4 Å². The first-order valence-corrected chi connectivity index (χ1v) is 6.69. The van der Waals surface area contributed by atoms with Crippen LogP contribution >= 0.6 is 15.9 Å². The lowest BCUT2D eigenvalue weighted by molar-refractivity contribution is -0.185. The van der Waals surface area contributed by atoms with Crippen LogP contribution in [0.25, 0.3) is 0 Å². The van der Waals surface area contributed by atoms with Gasteiger partial charge in [-0.1, -0.05) is 15.9 Å². The standard InChI is InChI=1S/C13H15BrO3/c1-15-12-9-3-2-6-16-13(9)17-11-5-4-8(14)7-10(11)12/h4-5,7,9,12-13H,2-3,6H2,1H3/t9-,12-,13+/m0/s1. The maximum absolute atomic E-state index is 5.90. The van der Waals surface area contributed by atoms with Crippen LogP contribution in [0.1, 0.15) is 24.5 Å². The van der Waals surface area contributed by atoms with Crippen molar-refractivity contribution < 1.29 is 14.2 Å². The fourth-order valence-corrected chi connectivity index (χ4v) is 3.08. The Bertz CT molecular complexity index is 421. The van der Waals surface area contributed by atoms with Crippen LogP contribution < -0.4 is 4.74 Å². The molecular weight excluding hydrogens is 284 g/mol. The van der Waals surface area contributed by atoms with Crippen LogP contribution in [0.3, 0.4) is 0 Å². The average molecular weight is 299 g/mol. The number of methoxy groups -OCH3 is 1. The zero-order chi connectivity index (χ0) is 11.8. The number of fused-ring (bicyclic) bond motifs is 2. The highest BCUT2D eigenvalue weighted by molar-refractivity contribution is 9.10. The first-order valence-electron chi connectivity index (χ1n) is 5.90. The third-order valence-corrected chi connectivity index (χ3v) is 3.97. The van der Waals surface area contributed by atoms with Gasteiger partial charge in [-0.3, -0.25) is 0 Å². The first-order chi connectivity index (χ1) is 8.29. The van der Waals surface area contributed by atoms with Crippen LogP contribution in [-0.2, 0) is 9.47 Å². The van der Waals surface area contributed by atoms with Crippen molar-refractivity contribution in [3.8, 4) is 5.75 Å². The minimum Gasteiger partial charge on any atom is -0.464 e. The SMILES string of the molecule is CO[C@@H]1c2cc(Br)ccc2O[C@H]2OCCC[C@H]21. The molecule has 2 aliphatic heterocycles. The summed E-state index contributed by atoms with van der Waals surface area (Å²) in [6.45, 7) is 0.781. The van der Waals surface area contributed by atoms with Crippen molar-refractivity contribution >= 4 is 15.9 Å². The lowest BCUT2D eigenvalue weighted by atomic mass is 9.87. The van der Waals surface area contributed by atoms with Gasteiger partial charge in [-0.15, -0.1) is 0 Å². The maximum Gasteiger partial charge on any atom is 0.205 e. The second-order valence-corrected chi connectivity index (χ2v) is 5.42. The summed E-state index contributed by atoms with van der Waals surface area (Å²) >= 11 is 3.49. The molecule has 3 atom stereocenters. The van der Waals surface area contributed by atoms with E-state index in [4.69, 9.17) is 14.2 Å². The molecule has 1 fully saturated rings. The van der Waals surface area contributed by atoms with E-state index in [1.807, 2.05) is 12.1 Å². The molecule has 3 nitrogen and oxygen atoms in total. The highest BCUT2D eigenvalue weighted by atomic mass is 79.9. The van der Waals surface area contributed by atoms with E-state index >= 15 is 0 Å². The van der Waals surface area contributed by atoms with E-state index in [1.54, 1.807) is 7.11 Å². The molecule has 1 aromatic carbocycles. The summed E-state index contributed by atoms with van der Waals surface area (Å²) in [7, 11) is 1.76. The molecule has 0 saturated carbocycles. The van der Waals surface area contributed by atoms with Crippen LogP contribution in [0.15, 0.2) is 22.7 Å². The van der Waals surface area contributed by atoms with Crippen LogP contribution in [-0.4, -0.2) is 20.0 Å². The number of halogens is 1. The van der Waals surface area contributed by atoms with E-state index in [0.717, 1.165) is 35.2 Å². The summed E-state index contributed by atoms with van der Waals surface area (Å²) in [6.07, 6.45) is 2.09. The monoisotopic (exact) mass is 298 g/mol. The van der Waals surface area contributed by atoms with Gasteiger partial charge in [0.05, 0.1) is 18.6 Å². The van der Waals surface area contributed by atoms with Crippen molar-refractivity contribution in [2.75, 3.05) is 13.7 Å². The Labute approximate surface area is 109 Å². The Morgan fingerprint density at radius 3 is 3.12 bits per heavy atom. The average Bonchev–Trinajstić information content (AvgIpc) is 2.36. The molecule has 1 saturated heterocycles. The Balaban J connectivity index is 2.01. The first kappa shape index (κ1) is 11.5. The Morgan fingerprint density at radius 2 is 2.29 bits per heavy atom. The number of benzene rings is 1. The number of rotatable bonds is 1. The van der Waals surface area contributed by atoms with Crippen molar-refractivity contribution in [1.82, 2.24) is 0 Å². The minimum absolute atomic E-state index is 0.0709. The summed E-state index contributed by atoms with van der Waals surface area (Å²) in [5.41, 5.74) is 1.12. The zero-order valence-corrected chi connectivity index (χ0v) is 11.3. The Morgan fingerprint density at radius 1 is 1.41 bits per heavy atom. The highest BCUT2D eigenvalue weighted by Gasteiger charge is 2.40. The number of hydrogen-bond donors (Lipinski definition) is 0. The topological polar surface area (TPSA) is 27.7 Å². The molecule has 2 heterocycles. The predicted molar refractivity (Wildman–Crippen MR) is 67.0 cm³/mol. The number of hydrogen-bond acceptors (Lipinski definition) is 3. The van der Waals surface area contributed by atoms with Gasteiger partial charge in [0.2, 0.25) is 6.29 Å². The van der Waals surface area contributed by atoms with Gasteiger partial charge in [0.15, 0.2) is 0 Å². The minimum atomic E-state index is -0.151. The van der Waals surface area contributed by atoms with Crippen LogP contribution in [0.5, 0.6) is 5.75 Å². The summed E-state index contributed by atoms with van der Waals surface area (Å²) < 4.78 is 18.3. The molecule has 1 aromatic rings.